The molecule has 5 nitrogen and oxygen atoms in total. The first-order chi connectivity index (χ1) is 16.6. The summed E-state index contributed by atoms with van der Waals surface area (Å²) in [6.07, 6.45) is 3.44. The van der Waals surface area contributed by atoms with Gasteiger partial charge in [-0.1, -0.05) is 47.5 Å². The minimum Gasteiger partial charge on any atom is -0.493 e. The lowest BCUT2D eigenvalue weighted by atomic mass is 10.1. The van der Waals surface area contributed by atoms with Crippen molar-refractivity contribution in [2.24, 2.45) is 0 Å². The molecule has 0 fully saturated rings. The zero-order chi connectivity index (χ0) is 23.9. The first-order valence-corrected chi connectivity index (χ1v) is 11.8. The molecule has 176 valence electrons. The van der Waals surface area contributed by atoms with Gasteiger partial charge in [-0.3, -0.25) is 0 Å². The SMILES string of the molecule is C=CCc1ccc(OCCCn2c(COc3ccc(Cl)cc3Cl)nc3ccccc32)c(OC)c1. The molecule has 7 heteroatoms. The number of benzene rings is 3. The summed E-state index contributed by atoms with van der Waals surface area (Å²) in [6.45, 7) is 5.33. The molecule has 0 radical (unpaired) electrons. The number of para-hydroxylation sites is 2. The summed E-state index contributed by atoms with van der Waals surface area (Å²) < 4.78 is 19.6. The second-order valence-corrected chi connectivity index (χ2v) is 8.56. The van der Waals surface area contributed by atoms with Crippen LogP contribution in [0.25, 0.3) is 11.0 Å². The van der Waals surface area contributed by atoms with Crippen LogP contribution in [-0.4, -0.2) is 23.3 Å². The van der Waals surface area contributed by atoms with Crippen LogP contribution in [0.15, 0.2) is 73.3 Å². The van der Waals surface area contributed by atoms with Crippen LogP contribution in [0.5, 0.6) is 17.2 Å². The molecular formula is C27H26Cl2N2O3. The molecule has 4 rings (SSSR count). The molecule has 0 saturated heterocycles. The van der Waals surface area contributed by atoms with Crippen molar-refractivity contribution in [3.8, 4) is 17.2 Å². The van der Waals surface area contributed by atoms with Crippen LogP contribution < -0.4 is 14.2 Å². The zero-order valence-electron chi connectivity index (χ0n) is 19.0. The first kappa shape index (κ1) is 24.0. The van der Waals surface area contributed by atoms with Crippen molar-refractivity contribution in [3.05, 3.63) is 94.8 Å². The van der Waals surface area contributed by atoms with E-state index >= 15 is 0 Å². The van der Waals surface area contributed by atoms with Gasteiger partial charge in [-0.05, 0) is 60.9 Å². The number of allylic oxidation sites excluding steroid dienone is 1. The number of aryl methyl sites for hydroxylation is 1. The fourth-order valence-electron chi connectivity index (χ4n) is 3.75. The number of rotatable bonds is 11. The fourth-order valence-corrected chi connectivity index (χ4v) is 4.21. The maximum absolute atomic E-state index is 6.26. The highest BCUT2D eigenvalue weighted by Gasteiger charge is 2.13. The highest BCUT2D eigenvalue weighted by Crippen LogP contribution is 2.30. The number of nitrogens with zero attached hydrogens (tertiary/aromatic N) is 2. The summed E-state index contributed by atoms with van der Waals surface area (Å²) >= 11 is 12.2. The zero-order valence-corrected chi connectivity index (χ0v) is 20.5. The first-order valence-electron chi connectivity index (χ1n) is 11.0. The van der Waals surface area contributed by atoms with Crippen LogP contribution in [-0.2, 0) is 19.6 Å². The lowest BCUT2D eigenvalue weighted by Gasteiger charge is -2.14. The van der Waals surface area contributed by atoms with Gasteiger partial charge < -0.3 is 18.8 Å². The van der Waals surface area contributed by atoms with Gasteiger partial charge in [0.05, 0.1) is 29.8 Å². The molecule has 0 N–H and O–H groups in total. The molecule has 0 atom stereocenters. The predicted molar refractivity (Wildman–Crippen MR) is 138 cm³/mol. The average molecular weight is 497 g/mol. The smallest absolute Gasteiger partial charge is 0.161 e. The molecule has 0 aliphatic carbocycles. The summed E-state index contributed by atoms with van der Waals surface area (Å²) in [6, 6.07) is 19.2. The van der Waals surface area contributed by atoms with E-state index in [0.29, 0.717) is 22.4 Å². The Morgan fingerprint density at radius 3 is 2.59 bits per heavy atom. The second kappa shape index (κ2) is 11.3. The molecule has 34 heavy (non-hydrogen) atoms. The van der Waals surface area contributed by atoms with Gasteiger partial charge in [0, 0.05) is 11.6 Å². The Kier molecular flexibility index (Phi) is 7.99. The van der Waals surface area contributed by atoms with E-state index in [4.69, 9.17) is 42.4 Å². The van der Waals surface area contributed by atoms with Gasteiger partial charge in [0.15, 0.2) is 11.5 Å². The molecule has 0 bridgehead atoms. The van der Waals surface area contributed by atoms with Crippen molar-refractivity contribution in [3.63, 3.8) is 0 Å². The third-order valence-electron chi connectivity index (χ3n) is 5.38. The van der Waals surface area contributed by atoms with Crippen molar-refractivity contribution >= 4 is 34.2 Å². The Bertz CT molecular complexity index is 1290. The van der Waals surface area contributed by atoms with Crippen LogP contribution in [0.3, 0.4) is 0 Å². The Balaban J connectivity index is 1.44. The van der Waals surface area contributed by atoms with E-state index in [-0.39, 0.29) is 6.61 Å². The number of methoxy groups -OCH3 is 1. The third kappa shape index (κ3) is 5.66. The molecule has 0 aliphatic heterocycles. The van der Waals surface area contributed by atoms with Crippen LogP contribution in [0.1, 0.15) is 17.8 Å². The standard InChI is InChI=1S/C27H26Cl2N2O3/c1-3-7-19-10-12-25(26(16-19)32-2)33-15-6-14-31-23-9-5-4-8-22(23)30-27(31)18-34-24-13-11-20(28)17-21(24)29/h3-5,8-13,16-17H,1,6-7,14-15,18H2,2H3. The molecule has 3 aromatic carbocycles. The Morgan fingerprint density at radius 1 is 0.971 bits per heavy atom. The third-order valence-corrected chi connectivity index (χ3v) is 5.91. The van der Waals surface area contributed by atoms with E-state index in [0.717, 1.165) is 53.3 Å². The highest BCUT2D eigenvalue weighted by atomic mass is 35.5. The molecule has 4 aromatic rings. The molecule has 0 amide bonds. The van der Waals surface area contributed by atoms with Crippen molar-refractivity contribution in [2.75, 3.05) is 13.7 Å². The Hall–Kier alpha value is -3.15. The van der Waals surface area contributed by atoms with Gasteiger partial charge >= 0.3 is 0 Å². The maximum atomic E-state index is 6.26. The van der Waals surface area contributed by atoms with Crippen LogP contribution in [0, 0.1) is 0 Å². The lowest BCUT2D eigenvalue weighted by molar-refractivity contribution is 0.273. The van der Waals surface area contributed by atoms with Gasteiger partial charge in [0.25, 0.3) is 0 Å². The predicted octanol–water partition coefficient (Wildman–Crippen LogP) is 7.13. The summed E-state index contributed by atoms with van der Waals surface area (Å²) in [4.78, 5) is 4.77. The molecule has 0 spiro atoms. The molecular weight excluding hydrogens is 471 g/mol. The van der Waals surface area contributed by atoms with Crippen molar-refractivity contribution in [1.29, 1.82) is 0 Å². The minimum absolute atomic E-state index is 0.287. The number of imidazole rings is 1. The van der Waals surface area contributed by atoms with Crippen molar-refractivity contribution in [1.82, 2.24) is 9.55 Å². The van der Waals surface area contributed by atoms with E-state index in [1.165, 1.54) is 0 Å². The summed E-state index contributed by atoms with van der Waals surface area (Å²) in [5.74, 6) is 2.84. The van der Waals surface area contributed by atoms with Crippen LogP contribution in [0.2, 0.25) is 10.0 Å². The number of halogens is 2. The number of aromatic nitrogens is 2. The summed E-state index contributed by atoms with van der Waals surface area (Å²) in [5, 5.41) is 1.04. The van der Waals surface area contributed by atoms with Crippen molar-refractivity contribution in [2.45, 2.75) is 26.0 Å². The van der Waals surface area contributed by atoms with Gasteiger partial charge in [0.1, 0.15) is 18.2 Å². The van der Waals surface area contributed by atoms with Gasteiger partial charge in [-0.2, -0.15) is 0 Å². The average Bonchev–Trinajstić information content (AvgIpc) is 3.19. The van der Waals surface area contributed by atoms with E-state index in [9.17, 15) is 0 Å². The molecule has 0 aliphatic rings. The highest BCUT2D eigenvalue weighted by molar-refractivity contribution is 6.35. The molecule has 0 unspecified atom stereocenters. The molecule has 0 saturated carbocycles. The normalized spacial score (nSPS) is 10.9. The minimum atomic E-state index is 0.287. The molecule has 1 heterocycles. The summed E-state index contributed by atoms with van der Waals surface area (Å²) in [7, 11) is 1.65. The quantitative estimate of drug-likeness (QED) is 0.163. The van der Waals surface area contributed by atoms with Gasteiger partial charge in [0.2, 0.25) is 0 Å². The topological polar surface area (TPSA) is 45.5 Å². The van der Waals surface area contributed by atoms with Crippen molar-refractivity contribution < 1.29 is 14.2 Å². The van der Waals surface area contributed by atoms with E-state index in [1.54, 1.807) is 25.3 Å². The van der Waals surface area contributed by atoms with Crippen LogP contribution in [0.4, 0.5) is 0 Å². The van der Waals surface area contributed by atoms with Gasteiger partial charge in [-0.15, -0.1) is 6.58 Å². The number of hydrogen-bond donors (Lipinski definition) is 0. The van der Waals surface area contributed by atoms with E-state index < -0.39 is 0 Å². The van der Waals surface area contributed by atoms with Crippen LogP contribution >= 0.6 is 23.2 Å². The van der Waals surface area contributed by atoms with E-state index in [2.05, 4.69) is 17.2 Å². The lowest BCUT2D eigenvalue weighted by Crippen LogP contribution is -2.10. The molecule has 1 aromatic heterocycles. The fraction of sp³-hybridized carbons (Fsp3) is 0.222. The number of fused-ring (bicyclic) bond motifs is 1. The van der Waals surface area contributed by atoms with E-state index in [1.807, 2.05) is 42.5 Å². The Labute approximate surface area is 209 Å². The number of ether oxygens (including phenoxy) is 3. The monoisotopic (exact) mass is 496 g/mol. The largest absolute Gasteiger partial charge is 0.493 e. The second-order valence-electron chi connectivity index (χ2n) is 7.71. The number of hydrogen-bond acceptors (Lipinski definition) is 4. The van der Waals surface area contributed by atoms with Gasteiger partial charge in [-0.25, -0.2) is 4.98 Å². The Morgan fingerprint density at radius 2 is 1.79 bits per heavy atom. The summed E-state index contributed by atoms with van der Waals surface area (Å²) in [5.41, 5.74) is 3.10. The maximum Gasteiger partial charge on any atom is 0.161 e.